The number of fused-ring (bicyclic) bond motifs is 1. The van der Waals surface area contributed by atoms with Gasteiger partial charge in [0.25, 0.3) is 0 Å². The molecule has 3 aromatic rings. The molecule has 4 rings (SSSR count). The number of imidazole rings is 1. The second-order valence-corrected chi connectivity index (χ2v) is 5.58. The Kier molecular flexibility index (Phi) is 3.12. The van der Waals surface area contributed by atoms with Crippen molar-refractivity contribution in [2.24, 2.45) is 0 Å². The molecule has 1 aliphatic heterocycles. The highest BCUT2D eigenvalue weighted by Gasteiger charge is 2.31. The molecule has 2 N–H and O–H groups in total. The van der Waals surface area contributed by atoms with Gasteiger partial charge in [-0.2, -0.15) is 0 Å². The number of phenolic OH excluding ortho intramolecular Hbond substituents is 1. The van der Waals surface area contributed by atoms with Crippen molar-refractivity contribution in [1.29, 1.82) is 0 Å². The normalized spacial score (nSPS) is 16.7. The summed E-state index contributed by atoms with van der Waals surface area (Å²) in [4.78, 5) is 16.7. The van der Waals surface area contributed by atoms with Crippen LogP contribution in [0.3, 0.4) is 0 Å². The number of phenols is 1. The standard InChI is InChI=1S/C18H15N3O2/c22-14-8-4-5-12(9-14)15-10-16(23)20-18-17(15)19-11-21(18)13-6-2-1-3-7-13/h1-9,11,15,22H,10H2,(H,20,23)/t15-/m0/s1. The predicted molar refractivity (Wildman–Crippen MR) is 86.8 cm³/mol. The van der Waals surface area contributed by atoms with E-state index in [4.69, 9.17) is 0 Å². The number of aromatic nitrogens is 2. The van der Waals surface area contributed by atoms with Gasteiger partial charge in [-0.1, -0.05) is 30.3 Å². The van der Waals surface area contributed by atoms with Gasteiger partial charge < -0.3 is 10.4 Å². The lowest BCUT2D eigenvalue weighted by Gasteiger charge is -2.23. The van der Waals surface area contributed by atoms with Crippen molar-refractivity contribution >= 4 is 11.7 Å². The molecule has 1 amide bonds. The second kappa shape index (κ2) is 5.28. The molecule has 2 heterocycles. The SMILES string of the molecule is O=C1C[C@@H](c2cccc(O)c2)c2ncn(-c3ccccc3)c2N1. The monoisotopic (exact) mass is 305 g/mol. The van der Waals surface area contributed by atoms with Crippen molar-refractivity contribution in [3.8, 4) is 11.4 Å². The smallest absolute Gasteiger partial charge is 0.226 e. The maximum Gasteiger partial charge on any atom is 0.226 e. The highest BCUT2D eigenvalue weighted by Crippen LogP contribution is 2.37. The number of hydrogen-bond acceptors (Lipinski definition) is 3. The predicted octanol–water partition coefficient (Wildman–Crippen LogP) is 3.05. The summed E-state index contributed by atoms with van der Waals surface area (Å²) in [5.74, 6) is 0.678. The number of nitrogens with one attached hydrogen (secondary N) is 1. The van der Waals surface area contributed by atoms with E-state index in [-0.39, 0.29) is 17.6 Å². The lowest BCUT2D eigenvalue weighted by Crippen LogP contribution is -2.24. The van der Waals surface area contributed by atoms with Crippen molar-refractivity contribution < 1.29 is 9.90 Å². The molecule has 1 aromatic heterocycles. The minimum absolute atomic E-state index is 0.0523. The Morgan fingerprint density at radius 1 is 1.13 bits per heavy atom. The topological polar surface area (TPSA) is 67.1 Å². The number of anilines is 1. The number of aromatic hydroxyl groups is 1. The first-order valence-electron chi connectivity index (χ1n) is 7.44. The maximum atomic E-state index is 12.2. The van der Waals surface area contributed by atoms with E-state index < -0.39 is 0 Å². The van der Waals surface area contributed by atoms with Crippen LogP contribution in [-0.2, 0) is 4.79 Å². The molecule has 0 spiro atoms. The molecule has 0 aliphatic carbocycles. The molecule has 2 aromatic carbocycles. The third-order valence-corrected chi connectivity index (χ3v) is 4.08. The van der Waals surface area contributed by atoms with Crippen LogP contribution in [0.1, 0.15) is 23.6 Å². The second-order valence-electron chi connectivity index (χ2n) is 5.58. The van der Waals surface area contributed by atoms with Crippen LogP contribution in [0.25, 0.3) is 5.69 Å². The number of hydrogen-bond donors (Lipinski definition) is 2. The van der Waals surface area contributed by atoms with Crippen LogP contribution >= 0.6 is 0 Å². The molecule has 0 saturated carbocycles. The van der Waals surface area contributed by atoms with Gasteiger partial charge in [0.1, 0.15) is 17.9 Å². The minimum atomic E-state index is -0.157. The number of para-hydroxylation sites is 1. The molecule has 0 unspecified atom stereocenters. The number of benzene rings is 2. The Morgan fingerprint density at radius 3 is 2.74 bits per heavy atom. The van der Waals surface area contributed by atoms with E-state index >= 15 is 0 Å². The largest absolute Gasteiger partial charge is 0.508 e. The van der Waals surface area contributed by atoms with Crippen LogP contribution in [-0.4, -0.2) is 20.6 Å². The average Bonchev–Trinajstić information content (AvgIpc) is 2.98. The maximum absolute atomic E-state index is 12.2. The molecule has 5 heteroatoms. The van der Waals surface area contributed by atoms with Gasteiger partial charge in [-0.25, -0.2) is 4.98 Å². The molecular weight excluding hydrogens is 290 g/mol. The van der Waals surface area contributed by atoms with E-state index in [1.54, 1.807) is 24.5 Å². The van der Waals surface area contributed by atoms with Crippen molar-refractivity contribution in [2.45, 2.75) is 12.3 Å². The van der Waals surface area contributed by atoms with Crippen molar-refractivity contribution in [3.05, 3.63) is 72.2 Å². The van der Waals surface area contributed by atoms with Gasteiger partial charge in [0.05, 0.1) is 5.69 Å². The summed E-state index contributed by atoms with van der Waals surface area (Å²) in [6.07, 6.45) is 2.05. The average molecular weight is 305 g/mol. The van der Waals surface area contributed by atoms with Crippen LogP contribution in [0.4, 0.5) is 5.82 Å². The zero-order valence-electron chi connectivity index (χ0n) is 12.3. The first-order valence-corrected chi connectivity index (χ1v) is 7.44. The van der Waals surface area contributed by atoms with Crippen molar-refractivity contribution in [3.63, 3.8) is 0 Å². The summed E-state index contributed by atoms with van der Waals surface area (Å²) in [5, 5.41) is 12.6. The van der Waals surface area contributed by atoms with E-state index in [2.05, 4.69) is 10.3 Å². The van der Waals surface area contributed by atoms with Gasteiger partial charge in [0.2, 0.25) is 5.91 Å². The number of rotatable bonds is 2. The Balaban J connectivity index is 1.83. The Hall–Kier alpha value is -3.08. The third-order valence-electron chi connectivity index (χ3n) is 4.08. The molecule has 0 radical (unpaired) electrons. The van der Waals surface area contributed by atoms with E-state index in [1.165, 1.54) is 0 Å². The molecule has 0 saturated heterocycles. The summed E-state index contributed by atoms with van der Waals surface area (Å²) < 4.78 is 1.88. The van der Waals surface area contributed by atoms with Gasteiger partial charge in [0.15, 0.2) is 0 Å². The van der Waals surface area contributed by atoms with Crippen LogP contribution < -0.4 is 5.32 Å². The Bertz CT molecular complexity index is 871. The van der Waals surface area contributed by atoms with Gasteiger partial charge in [-0.15, -0.1) is 0 Å². The molecule has 23 heavy (non-hydrogen) atoms. The number of amides is 1. The van der Waals surface area contributed by atoms with Gasteiger partial charge in [-0.3, -0.25) is 9.36 Å². The van der Waals surface area contributed by atoms with Gasteiger partial charge >= 0.3 is 0 Å². The highest BCUT2D eigenvalue weighted by molar-refractivity contribution is 5.94. The van der Waals surface area contributed by atoms with E-state index in [0.29, 0.717) is 12.2 Å². The summed E-state index contributed by atoms with van der Waals surface area (Å²) in [6, 6.07) is 16.8. The van der Waals surface area contributed by atoms with Crippen LogP contribution in [0.2, 0.25) is 0 Å². The molecule has 1 aliphatic rings. The summed E-state index contributed by atoms with van der Waals surface area (Å²) in [6.45, 7) is 0. The number of carbonyl (C=O) groups is 1. The zero-order valence-corrected chi connectivity index (χ0v) is 12.3. The number of carbonyl (C=O) groups excluding carboxylic acids is 1. The summed E-state index contributed by atoms with van der Waals surface area (Å²) in [7, 11) is 0. The van der Waals surface area contributed by atoms with E-state index in [0.717, 1.165) is 16.9 Å². The van der Waals surface area contributed by atoms with Crippen molar-refractivity contribution in [1.82, 2.24) is 9.55 Å². The van der Waals surface area contributed by atoms with Crippen LogP contribution in [0.15, 0.2) is 60.9 Å². The molecule has 114 valence electrons. The minimum Gasteiger partial charge on any atom is -0.508 e. The van der Waals surface area contributed by atoms with Crippen LogP contribution in [0, 0.1) is 0 Å². The first kappa shape index (κ1) is 13.6. The Morgan fingerprint density at radius 2 is 1.96 bits per heavy atom. The highest BCUT2D eigenvalue weighted by atomic mass is 16.3. The van der Waals surface area contributed by atoms with Crippen molar-refractivity contribution in [2.75, 3.05) is 5.32 Å². The third kappa shape index (κ3) is 2.36. The van der Waals surface area contributed by atoms with Crippen LogP contribution in [0.5, 0.6) is 5.75 Å². The lowest BCUT2D eigenvalue weighted by atomic mass is 9.90. The zero-order chi connectivity index (χ0) is 15.8. The fourth-order valence-corrected chi connectivity index (χ4v) is 3.01. The molecule has 0 fully saturated rings. The first-order chi connectivity index (χ1) is 11.2. The summed E-state index contributed by atoms with van der Waals surface area (Å²) >= 11 is 0. The molecule has 0 bridgehead atoms. The Labute approximate surface area is 133 Å². The molecule has 1 atom stereocenters. The van der Waals surface area contributed by atoms with E-state index in [9.17, 15) is 9.90 Å². The number of nitrogens with zero attached hydrogens (tertiary/aromatic N) is 2. The fourth-order valence-electron chi connectivity index (χ4n) is 3.01. The van der Waals surface area contributed by atoms with E-state index in [1.807, 2.05) is 41.0 Å². The van der Waals surface area contributed by atoms with Gasteiger partial charge in [-0.05, 0) is 29.8 Å². The summed E-state index contributed by atoms with van der Waals surface area (Å²) in [5.41, 5.74) is 2.65. The lowest BCUT2D eigenvalue weighted by molar-refractivity contribution is -0.116. The quantitative estimate of drug-likeness (QED) is 0.764. The van der Waals surface area contributed by atoms with Gasteiger partial charge in [0, 0.05) is 18.0 Å². The molecular formula is C18H15N3O2. The fraction of sp³-hybridized carbons (Fsp3) is 0.111. The molecule has 5 nitrogen and oxygen atoms in total.